The van der Waals surface area contributed by atoms with E-state index in [9.17, 15) is 4.79 Å². The van der Waals surface area contributed by atoms with Crippen LogP contribution in [0.15, 0.2) is 28.7 Å². The van der Waals surface area contributed by atoms with Crippen LogP contribution in [0.25, 0.3) is 5.57 Å². The Morgan fingerprint density at radius 2 is 2.20 bits per heavy atom. The van der Waals surface area contributed by atoms with E-state index in [2.05, 4.69) is 15.9 Å². The Hall–Kier alpha value is -1.29. The number of carboxylic acid groups (broad SMARTS) is 1. The summed E-state index contributed by atoms with van der Waals surface area (Å²) in [5, 5.41) is 8.60. The van der Waals surface area contributed by atoms with E-state index in [1.165, 1.54) is 6.08 Å². The second kappa shape index (κ2) is 4.98. The Morgan fingerprint density at radius 1 is 1.53 bits per heavy atom. The predicted octanol–water partition coefficient (Wildman–Crippen LogP) is 2.95. The molecule has 0 aliphatic heterocycles. The van der Waals surface area contributed by atoms with Crippen LogP contribution in [-0.2, 0) is 4.79 Å². The molecule has 0 fully saturated rings. The lowest BCUT2D eigenvalue weighted by Gasteiger charge is -2.06. The quantitative estimate of drug-likeness (QED) is 0.860. The van der Waals surface area contributed by atoms with Gasteiger partial charge in [0.05, 0.1) is 11.6 Å². The Labute approximate surface area is 96.5 Å². The number of hydrogen-bond donors (Lipinski definition) is 1. The van der Waals surface area contributed by atoms with Crippen molar-refractivity contribution >= 4 is 27.5 Å². The second-order valence-corrected chi connectivity index (χ2v) is 3.87. The van der Waals surface area contributed by atoms with E-state index in [0.717, 1.165) is 15.8 Å². The van der Waals surface area contributed by atoms with Crippen LogP contribution in [0.5, 0.6) is 5.75 Å². The molecule has 0 unspecified atom stereocenters. The molecule has 0 bridgehead atoms. The largest absolute Gasteiger partial charge is 0.496 e. The van der Waals surface area contributed by atoms with Gasteiger partial charge in [-0.25, -0.2) is 4.79 Å². The maximum atomic E-state index is 10.5. The van der Waals surface area contributed by atoms with Crippen molar-refractivity contribution in [2.24, 2.45) is 0 Å². The molecule has 0 radical (unpaired) electrons. The zero-order valence-corrected chi connectivity index (χ0v) is 10.0. The van der Waals surface area contributed by atoms with Crippen LogP contribution < -0.4 is 4.74 Å². The first-order chi connectivity index (χ1) is 7.04. The van der Waals surface area contributed by atoms with Gasteiger partial charge in [0, 0.05) is 6.08 Å². The molecule has 0 amide bonds. The minimum absolute atomic E-state index is 0.700. The van der Waals surface area contributed by atoms with Gasteiger partial charge in [-0.2, -0.15) is 0 Å². The third-order valence-corrected chi connectivity index (χ3v) is 2.57. The highest BCUT2D eigenvalue weighted by Gasteiger charge is 2.03. The summed E-state index contributed by atoms with van der Waals surface area (Å²) < 4.78 is 5.88. The first-order valence-corrected chi connectivity index (χ1v) is 5.09. The lowest BCUT2D eigenvalue weighted by atomic mass is 10.1. The van der Waals surface area contributed by atoms with Crippen molar-refractivity contribution in [2.45, 2.75) is 6.92 Å². The van der Waals surface area contributed by atoms with Crippen LogP contribution >= 0.6 is 15.9 Å². The molecular weight excluding hydrogens is 260 g/mol. The number of aliphatic carboxylic acids is 1. The van der Waals surface area contributed by atoms with Gasteiger partial charge in [0.1, 0.15) is 5.75 Å². The van der Waals surface area contributed by atoms with Gasteiger partial charge >= 0.3 is 5.97 Å². The van der Waals surface area contributed by atoms with Crippen LogP contribution in [0.3, 0.4) is 0 Å². The number of carboxylic acids is 1. The summed E-state index contributed by atoms with van der Waals surface area (Å²) >= 11 is 3.34. The predicted molar refractivity (Wildman–Crippen MR) is 62.0 cm³/mol. The number of allylic oxidation sites excluding steroid dienone is 1. The van der Waals surface area contributed by atoms with Crippen LogP contribution in [0.4, 0.5) is 0 Å². The zero-order valence-electron chi connectivity index (χ0n) is 8.45. The molecule has 0 aliphatic rings. The highest BCUT2D eigenvalue weighted by Crippen LogP contribution is 2.28. The van der Waals surface area contributed by atoms with E-state index in [1.54, 1.807) is 20.1 Å². The number of rotatable bonds is 3. The number of carbonyl (C=O) groups is 1. The maximum Gasteiger partial charge on any atom is 0.328 e. The first kappa shape index (κ1) is 11.8. The van der Waals surface area contributed by atoms with Crippen molar-refractivity contribution in [1.29, 1.82) is 0 Å². The summed E-state index contributed by atoms with van der Waals surface area (Å²) in [4.78, 5) is 10.5. The van der Waals surface area contributed by atoms with Crippen molar-refractivity contribution in [1.82, 2.24) is 0 Å². The van der Waals surface area contributed by atoms with Crippen LogP contribution in [0.2, 0.25) is 0 Å². The Balaban J connectivity index is 3.07. The minimum atomic E-state index is -0.945. The van der Waals surface area contributed by atoms with Crippen molar-refractivity contribution in [3.63, 3.8) is 0 Å². The average molecular weight is 271 g/mol. The van der Waals surface area contributed by atoms with Crippen molar-refractivity contribution in [2.75, 3.05) is 7.11 Å². The van der Waals surface area contributed by atoms with Gasteiger partial charge in [-0.1, -0.05) is 6.07 Å². The fourth-order valence-corrected chi connectivity index (χ4v) is 1.72. The molecule has 0 spiro atoms. The van der Waals surface area contributed by atoms with Gasteiger partial charge in [0.25, 0.3) is 0 Å². The van der Waals surface area contributed by atoms with E-state index in [1.807, 2.05) is 12.1 Å². The lowest BCUT2D eigenvalue weighted by molar-refractivity contribution is -0.131. The third kappa shape index (κ3) is 3.09. The molecular formula is C11H11BrO3. The van der Waals surface area contributed by atoms with Crippen LogP contribution in [0, 0.1) is 0 Å². The van der Waals surface area contributed by atoms with Crippen molar-refractivity contribution in [3.05, 3.63) is 34.3 Å². The fourth-order valence-electron chi connectivity index (χ4n) is 1.18. The topological polar surface area (TPSA) is 46.5 Å². The Morgan fingerprint density at radius 3 is 2.67 bits per heavy atom. The summed E-state index contributed by atoms with van der Waals surface area (Å²) in [6.45, 7) is 1.75. The molecule has 4 heteroatoms. The fraction of sp³-hybridized carbons (Fsp3) is 0.182. The monoisotopic (exact) mass is 270 g/mol. The lowest BCUT2D eigenvalue weighted by Crippen LogP contribution is -1.91. The average Bonchev–Trinajstić information content (AvgIpc) is 2.16. The SMILES string of the molecule is COc1ccc(C(C)=CC(=O)O)cc1Br. The molecule has 1 aromatic rings. The molecule has 0 aromatic heterocycles. The van der Waals surface area contributed by atoms with E-state index in [-0.39, 0.29) is 0 Å². The number of hydrogen-bond acceptors (Lipinski definition) is 2. The summed E-state index contributed by atoms with van der Waals surface area (Å²) in [5.74, 6) is -0.221. The van der Waals surface area contributed by atoms with E-state index in [4.69, 9.17) is 9.84 Å². The molecule has 0 heterocycles. The Kier molecular flexibility index (Phi) is 3.91. The van der Waals surface area contributed by atoms with E-state index in [0.29, 0.717) is 5.57 Å². The van der Waals surface area contributed by atoms with Crippen LogP contribution in [0.1, 0.15) is 12.5 Å². The molecule has 0 aliphatic carbocycles. The summed E-state index contributed by atoms with van der Waals surface area (Å²) in [6, 6.07) is 5.44. The Bertz CT molecular complexity index is 410. The molecule has 0 saturated heterocycles. The smallest absolute Gasteiger partial charge is 0.328 e. The standard InChI is InChI=1S/C11H11BrO3/c1-7(5-11(13)14)8-3-4-10(15-2)9(12)6-8/h3-6H,1-2H3,(H,13,14). The number of halogens is 1. The van der Waals surface area contributed by atoms with Gasteiger partial charge in [0.2, 0.25) is 0 Å². The molecule has 1 rings (SSSR count). The first-order valence-electron chi connectivity index (χ1n) is 4.29. The van der Waals surface area contributed by atoms with E-state index < -0.39 is 5.97 Å². The molecule has 80 valence electrons. The molecule has 3 nitrogen and oxygen atoms in total. The maximum absolute atomic E-state index is 10.5. The highest BCUT2D eigenvalue weighted by atomic mass is 79.9. The highest BCUT2D eigenvalue weighted by molar-refractivity contribution is 9.10. The summed E-state index contributed by atoms with van der Waals surface area (Å²) in [7, 11) is 1.58. The van der Waals surface area contributed by atoms with E-state index >= 15 is 0 Å². The molecule has 0 atom stereocenters. The normalized spacial score (nSPS) is 11.3. The number of methoxy groups -OCH3 is 1. The third-order valence-electron chi connectivity index (χ3n) is 1.95. The van der Waals surface area contributed by atoms with Gasteiger partial charge in [-0.3, -0.25) is 0 Å². The zero-order chi connectivity index (χ0) is 11.4. The van der Waals surface area contributed by atoms with Crippen LogP contribution in [-0.4, -0.2) is 18.2 Å². The number of benzene rings is 1. The summed E-state index contributed by atoms with van der Waals surface area (Å²) in [6.07, 6.45) is 1.17. The molecule has 1 aromatic carbocycles. The minimum Gasteiger partial charge on any atom is -0.496 e. The summed E-state index contributed by atoms with van der Waals surface area (Å²) in [5.41, 5.74) is 1.55. The molecule has 1 N–H and O–H groups in total. The van der Waals surface area contributed by atoms with Gasteiger partial charge in [-0.15, -0.1) is 0 Å². The molecule has 15 heavy (non-hydrogen) atoms. The number of ether oxygens (including phenoxy) is 1. The van der Waals surface area contributed by atoms with Crippen molar-refractivity contribution < 1.29 is 14.6 Å². The van der Waals surface area contributed by atoms with Crippen molar-refractivity contribution in [3.8, 4) is 5.75 Å². The second-order valence-electron chi connectivity index (χ2n) is 3.01. The molecule has 0 saturated carbocycles. The van der Waals surface area contributed by atoms with Gasteiger partial charge < -0.3 is 9.84 Å². The van der Waals surface area contributed by atoms with Gasteiger partial charge in [-0.05, 0) is 46.1 Å². The van der Waals surface area contributed by atoms with Gasteiger partial charge in [0.15, 0.2) is 0 Å².